The molecular weight excluding hydrogens is 264 g/mol. The number of esters is 1. The minimum absolute atomic E-state index is 0.331. The monoisotopic (exact) mass is 282 g/mol. The SMILES string of the molecule is CCOC(=O)c1cccnc1NCC1Cc2ccccc21. The maximum Gasteiger partial charge on any atom is 0.341 e. The molecule has 1 N–H and O–H groups in total. The second kappa shape index (κ2) is 5.95. The Morgan fingerprint density at radius 1 is 1.33 bits per heavy atom. The first-order chi connectivity index (χ1) is 10.3. The second-order valence-electron chi connectivity index (χ2n) is 5.10. The normalized spacial score (nSPS) is 15.8. The van der Waals surface area contributed by atoms with E-state index >= 15 is 0 Å². The Morgan fingerprint density at radius 3 is 3.00 bits per heavy atom. The Morgan fingerprint density at radius 2 is 2.19 bits per heavy atom. The Hall–Kier alpha value is -2.36. The third kappa shape index (κ3) is 2.75. The van der Waals surface area contributed by atoms with Crippen LogP contribution in [-0.2, 0) is 11.2 Å². The topological polar surface area (TPSA) is 51.2 Å². The van der Waals surface area contributed by atoms with Crippen LogP contribution < -0.4 is 5.32 Å². The quantitative estimate of drug-likeness (QED) is 0.856. The highest BCUT2D eigenvalue weighted by Crippen LogP contribution is 2.34. The molecule has 3 rings (SSSR count). The van der Waals surface area contributed by atoms with Gasteiger partial charge in [-0.3, -0.25) is 0 Å². The Bertz CT molecular complexity index is 655. The summed E-state index contributed by atoms with van der Waals surface area (Å²) in [6.07, 6.45) is 2.75. The molecule has 1 aliphatic rings. The molecule has 4 nitrogen and oxygen atoms in total. The van der Waals surface area contributed by atoms with Crippen molar-refractivity contribution in [2.24, 2.45) is 0 Å². The fourth-order valence-electron chi connectivity index (χ4n) is 2.68. The molecule has 2 aromatic rings. The van der Waals surface area contributed by atoms with Crippen LogP contribution >= 0.6 is 0 Å². The maximum atomic E-state index is 11.9. The number of pyridine rings is 1. The molecule has 108 valence electrons. The van der Waals surface area contributed by atoms with E-state index in [0.29, 0.717) is 23.9 Å². The zero-order chi connectivity index (χ0) is 14.7. The van der Waals surface area contributed by atoms with Crippen molar-refractivity contribution >= 4 is 11.8 Å². The van der Waals surface area contributed by atoms with Crippen molar-refractivity contribution in [1.29, 1.82) is 0 Å². The summed E-state index contributed by atoms with van der Waals surface area (Å²) in [5.41, 5.74) is 3.29. The molecule has 1 heterocycles. The number of rotatable bonds is 5. The molecule has 1 unspecified atom stereocenters. The lowest BCUT2D eigenvalue weighted by atomic mass is 9.77. The summed E-state index contributed by atoms with van der Waals surface area (Å²) in [6.45, 7) is 2.94. The molecule has 0 aliphatic heterocycles. The van der Waals surface area contributed by atoms with Crippen LogP contribution in [0.5, 0.6) is 0 Å². The summed E-state index contributed by atoms with van der Waals surface area (Å²) in [5.74, 6) is 0.751. The zero-order valence-electron chi connectivity index (χ0n) is 12.0. The number of carbonyl (C=O) groups excluding carboxylic acids is 1. The van der Waals surface area contributed by atoms with E-state index in [1.54, 1.807) is 25.3 Å². The lowest BCUT2D eigenvalue weighted by Crippen LogP contribution is -2.25. The number of hydrogen-bond donors (Lipinski definition) is 1. The molecule has 21 heavy (non-hydrogen) atoms. The molecule has 1 aromatic carbocycles. The van der Waals surface area contributed by atoms with Gasteiger partial charge in [0.25, 0.3) is 0 Å². The molecule has 1 aromatic heterocycles. The molecule has 0 saturated heterocycles. The first kappa shape index (κ1) is 13.6. The van der Waals surface area contributed by atoms with Gasteiger partial charge in [0.15, 0.2) is 0 Å². The van der Waals surface area contributed by atoms with Gasteiger partial charge >= 0.3 is 5.97 Å². The molecule has 0 fully saturated rings. The van der Waals surface area contributed by atoms with E-state index in [4.69, 9.17) is 4.74 Å². The van der Waals surface area contributed by atoms with Gasteiger partial charge in [0, 0.05) is 18.7 Å². The van der Waals surface area contributed by atoms with Gasteiger partial charge < -0.3 is 10.1 Å². The largest absolute Gasteiger partial charge is 0.462 e. The number of nitrogens with zero attached hydrogens (tertiary/aromatic N) is 1. The van der Waals surface area contributed by atoms with Gasteiger partial charge in [0.1, 0.15) is 11.4 Å². The summed E-state index contributed by atoms with van der Waals surface area (Å²) in [4.78, 5) is 16.1. The van der Waals surface area contributed by atoms with Crippen molar-refractivity contribution in [3.05, 3.63) is 59.3 Å². The molecular formula is C17H18N2O2. The molecule has 0 bridgehead atoms. The van der Waals surface area contributed by atoms with Gasteiger partial charge in [-0.05, 0) is 36.6 Å². The molecule has 1 aliphatic carbocycles. The summed E-state index contributed by atoms with van der Waals surface area (Å²) in [7, 11) is 0. The van der Waals surface area contributed by atoms with Crippen LogP contribution in [0.2, 0.25) is 0 Å². The number of hydrogen-bond acceptors (Lipinski definition) is 4. The van der Waals surface area contributed by atoms with E-state index in [2.05, 4.69) is 34.6 Å². The van der Waals surface area contributed by atoms with E-state index in [-0.39, 0.29) is 5.97 Å². The molecule has 1 atom stereocenters. The fourth-order valence-corrected chi connectivity index (χ4v) is 2.68. The van der Waals surface area contributed by atoms with Crippen molar-refractivity contribution in [1.82, 2.24) is 4.98 Å². The Kier molecular flexibility index (Phi) is 3.86. The number of aromatic nitrogens is 1. The number of benzene rings is 1. The van der Waals surface area contributed by atoms with Crippen molar-refractivity contribution in [2.75, 3.05) is 18.5 Å². The highest BCUT2D eigenvalue weighted by molar-refractivity contribution is 5.94. The van der Waals surface area contributed by atoms with Crippen LogP contribution in [0, 0.1) is 0 Å². The summed E-state index contributed by atoms with van der Waals surface area (Å²) < 4.78 is 5.05. The lowest BCUT2D eigenvalue weighted by molar-refractivity contribution is 0.0527. The van der Waals surface area contributed by atoms with Gasteiger partial charge in [-0.1, -0.05) is 24.3 Å². The second-order valence-corrected chi connectivity index (χ2v) is 5.10. The van der Waals surface area contributed by atoms with Gasteiger partial charge in [-0.15, -0.1) is 0 Å². The van der Waals surface area contributed by atoms with Crippen LogP contribution in [0.4, 0.5) is 5.82 Å². The third-order valence-electron chi connectivity index (χ3n) is 3.78. The number of anilines is 1. The third-order valence-corrected chi connectivity index (χ3v) is 3.78. The summed E-state index contributed by atoms with van der Waals surface area (Å²) >= 11 is 0. The van der Waals surface area contributed by atoms with E-state index in [0.717, 1.165) is 13.0 Å². The number of fused-ring (bicyclic) bond motifs is 1. The van der Waals surface area contributed by atoms with Crippen molar-refractivity contribution < 1.29 is 9.53 Å². The Balaban J connectivity index is 1.68. The summed E-state index contributed by atoms with van der Waals surface area (Å²) in [5, 5.41) is 3.28. The van der Waals surface area contributed by atoms with Gasteiger partial charge in [0.05, 0.1) is 6.61 Å². The number of nitrogens with one attached hydrogen (secondary N) is 1. The van der Waals surface area contributed by atoms with Crippen LogP contribution in [0.1, 0.15) is 34.3 Å². The van der Waals surface area contributed by atoms with E-state index in [9.17, 15) is 4.79 Å². The maximum absolute atomic E-state index is 11.9. The van der Waals surface area contributed by atoms with E-state index < -0.39 is 0 Å². The van der Waals surface area contributed by atoms with Crippen LogP contribution in [0.3, 0.4) is 0 Å². The highest BCUT2D eigenvalue weighted by Gasteiger charge is 2.25. The molecule has 0 spiro atoms. The predicted octanol–water partition coefficient (Wildman–Crippen LogP) is 3.01. The standard InChI is InChI=1S/C17H18N2O2/c1-2-21-17(20)15-8-5-9-18-16(15)19-11-13-10-12-6-3-4-7-14(12)13/h3-9,13H,2,10-11H2,1H3,(H,18,19). The number of carbonyl (C=O) groups is 1. The van der Waals surface area contributed by atoms with Gasteiger partial charge in [0.2, 0.25) is 0 Å². The molecule has 0 saturated carbocycles. The average Bonchev–Trinajstić information content (AvgIpc) is 2.49. The summed E-state index contributed by atoms with van der Waals surface area (Å²) in [6, 6.07) is 11.9. The predicted molar refractivity (Wildman–Crippen MR) is 81.6 cm³/mol. The molecule has 0 amide bonds. The first-order valence-corrected chi connectivity index (χ1v) is 7.23. The van der Waals surface area contributed by atoms with Crippen LogP contribution in [0.15, 0.2) is 42.6 Å². The van der Waals surface area contributed by atoms with E-state index in [1.807, 2.05) is 0 Å². The molecule has 4 heteroatoms. The minimum Gasteiger partial charge on any atom is -0.462 e. The zero-order valence-corrected chi connectivity index (χ0v) is 12.0. The van der Waals surface area contributed by atoms with Gasteiger partial charge in [-0.25, -0.2) is 9.78 Å². The highest BCUT2D eigenvalue weighted by atomic mass is 16.5. The lowest BCUT2D eigenvalue weighted by Gasteiger charge is -2.30. The number of ether oxygens (including phenoxy) is 1. The minimum atomic E-state index is -0.331. The van der Waals surface area contributed by atoms with Crippen molar-refractivity contribution in [3.8, 4) is 0 Å². The smallest absolute Gasteiger partial charge is 0.341 e. The van der Waals surface area contributed by atoms with Crippen LogP contribution in [0.25, 0.3) is 0 Å². The molecule has 0 radical (unpaired) electrons. The fraction of sp³-hybridized carbons (Fsp3) is 0.294. The average molecular weight is 282 g/mol. The van der Waals surface area contributed by atoms with E-state index in [1.165, 1.54) is 11.1 Å². The van der Waals surface area contributed by atoms with Gasteiger partial charge in [-0.2, -0.15) is 0 Å². The first-order valence-electron chi connectivity index (χ1n) is 7.23. The van der Waals surface area contributed by atoms with Crippen LogP contribution in [-0.4, -0.2) is 24.1 Å². The Labute approximate surface area is 124 Å². The van der Waals surface area contributed by atoms with Crippen molar-refractivity contribution in [2.45, 2.75) is 19.3 Å². The van der Waals surface area contributed by atoms with Crippen molar-refractivity contribution in [3.63, 3.8) is 0 Å².